The third-order valence-electron chi connectivity index (χ3n) is 1.96. The van der Waals surface area contributed by atoms with Crippen molar-refractivity contribution in [3.05, 3.63) is 12.2 Å². The van der Waals surface area contributed by atoms with Crippen molar-refractivity contribution >= 4 is 0 Å². The molecule has 1 rings (SSSR count). The second-order valence-electron chi connectivity index (χ2n) is 3.32. The monoisotopic (exact) mass is 198 g/mol. The topological polar surface area (TPSA) is 66.0 Å². The summed E-state index contributed by atoms with van der Waals surface area (Å²) < 4.78 is 6.87. The number of hydrogen-bond acceptors (Lipinski definition) is 4. The van der Waals surface area contributed by atoms with Crippen molar-refractivity contribution in [2.75, 3.05) is 13.7 Å². The number of hydrogen-bond donors (Lipinski definition) is 1. The highest BCUT2D eigenvalue weighted by atomic mass is 16.5. The standard InChI is InChI=1S/C9H18N4O/c1-3-4-13-9(11-7-12-13)5-8(10)6-14-2/h7-8H,3-6,10H2,1-2H3. The molecule has 1 aromatic heterocycles. The predicted octanol–water partition coefficient (Wildman–Crippen LogP) is 0.204. The Labute approximate surface area is 84.3 Å². The molecule has 0 bridgehead atoms. The summed E-state index contributed by atoms with van der Waals surface area (Å²) in [7, 11) is 1.65. The minimum atomic E-state index is -0.000180. The van der Waals surface area contributed by atoms with E-state index in [0.717, 1.165) is 18.8 Å². The van der Waals surface area contributed by atoms with E-state index in [9.17, 15) is 0 Å². The molecule has 5 nitrogen and oxygen atoms in total. The Kier molecular flexibility index (Phi) is 4.55. The van der Waals surface area contributed by atoms with Gasteiger partial charge in [0, 0.05) is 26.1 Å². The molecular weight excluding hydrogens is 180 g/mol. The maximum absolute atomic E-state index is 5.83. The van der Waals surface area contributed by atoms with E-state index < -0.39 is 0 Å². The highest BCUT2D eigenvalue weighted by Crippen LogP contribution is 1.99. The van der Waals surface area contributed by atoms with Crippen LogP contribution in [-0.4, -0.2) is 34.5 Å². The van der Waals surface area contributed by atoms with Crippen molar-refractivity contribution < 1.29 is 4.74 Å². The van der Waals surface area contributed by atoms with E-state index in [1.807, 2.05) is 4.68 Å². The van der Waals surface area contributed by atoms with Crippen LogP contribution in [0.25, 0.3) is 0 Å². The van der Waals surface area contributed by atoms with Crippen LogP contribution in [0.5, 0.6) is 0 Å². The largest absolute Gasteiger partial charge is 0.383 e. The molecule has 0 aliphatic carbocycles. The lowest BCUT2D eigenvalue weighted by Crippen LogP contribution is -2.29. The molecule has 0 spiro atoms. The van der Waals surface area contributed by atoms with Crippen LogP contribution >= 0.6 is 0 Å². The van der Waals surface area contributed by atoms with Gasteiger partial charge in [-0.2, -0.15) is 5.10 Å². The van der Waals surface area contributed by atoms with Gasteiger partial charge in [0.05, 0.1) is 6.61 Å². The molecule has 2 N–H and O–H groups in total. The summed E-state index contributed by atoms with van der Waals surface area (Å²) in [4.78, 5) is 4.17. The van der Waals surface area contributed by atoms with Crippen molar-refractivity contribution in [3.63, 3.8) is 0 Å². The fourth-order valence-electron chi connectivity index (χ4n) is 1.35. The zero-order valence-corrected chi connectivity index (χ0v) is 8.81. The van der Waals surface area contributed by atoms with Crippen molar-refractivity contribution in [2.45, 2.75) is 32.4 Å². The van der Waals surface area contributed by atoms with Crippen LogP contribution in [0.2, 0.25) is 0 Å². The van der Waals surface area contributed by atoms with Gasteiger partial charge in [-0.1, -0.05) is 6.92 Å². The fourth-order valence-corrected chi connectivity index (χ4v) is 1.35. The normalized spacial score (nSPS) is 13.1. The zero-order chi connectivity index (χ0) is 10.4. The average Bonchev–Trinajstić information content (AvgIpc) is 2.54. The Bertz CT molecular complexity index is 261. The minimum Gasteiger partial charge on any atom is -0.383 e. The van der Waals surface area contributed by atoms with Crippen molar-refractivity contribution in [1.29, 1.82) is 0 Å². The summed E-state index contributed by atoms with van der Waals surface area (Å²) >= 11 is 0. The summed E-state index contributed by atoms with van der Waals surface area (Å²) in [5.41, 5.74) is 5.83. The van der Waals surface area contributed by atoms with E-state index in [1.54, 1.807) is 13.4 Å². The molecule has 0 amide bonds. The number of aromatic nitrogens is 3. The molecule has 0 saturated carbocycles. The SMILES string of the molecule is CCCn1ncnc1CC(N)COC. The Morgan fingerprint density at radius 3 is 3.07 bits per heavy atom. The average molecular weight is 198 g/mol. The van der Waals surface area contributed by atoms with Gasteiger partial charge in [-0.15, -0.1) is 0 Å². The molecular formula is C9H18N4O. The third kappa shape index (κ3) is 3.08. The molecule has 14 heavy (non-hydrogen) atoms. The van der Waals surface area contributed by atoms with Gasteiger partial charge in [-0.05, 0) is 6.42 Å². The molecule has 0 saturated heterocycles. The molecule has 1 atom stereocenters. The molecule has 1 heterocycles. The van der Waals surface area contributed by atoms with Gasteiger partial charge in [0.1, 0.15) is 12.2 Å². The van der Waals surface area contributed by atoms with Gasteiger partial charge in [-0.25, -0.2) is 4.98 Å². The second-order valence-corrected chi connectivity index (χ2v) is 3.32. The van der Waals surface area contributed by atoms with Crippen LogP contribution in [0.4, 0.5) is 0 Å². The fraction of sp³-hybridized carbons (Fsp3) is 0.778. The van der Waals surface area contributed by atoms with Gasteiger partial charge < -0.3 is 10.5 Å². The van der Waals surface area contributed by atoms with E-state index in [2.05, 4.69) is 17.0 Å². The summed E-state index contributed by atoms with van der Waals surface area (Å²) in [5, 5.41) is 4.13. The van der Waals surface area contributed by atoms with Crippen molar-refractivity contribution in [3.8, 4) is 0 Å². The zero-order valence-electron chi connectivity index (χ0n) is 8.81. The molecule has 80 valence electrons. The molecule has 0 aliphatic heterocycles. The number of aryl methyl sites for hydroxylation is 1. The first-order chi connectivity index (χ1) is 6.77. The van der Waals surface area contributed by atoms with Gasteiger partial charge >= 0.3 is 0 Å². The van der Waals surface area contributed by atoms with Crippen LogP contribution in [0.1, 0.15) is 19.2 Å². The van der Waals surface area contributed by atoms with Crippen LogP contribution in [0.3, 0.4) is 0 Å². The van der Waals surface area contributed by atoms with E-state index >= 15 is 0 Å². The predicted molar refractivity (Wildman–Crippen MR) is 53.9 cm³/mol. The first-order valence-electron chi connectivity index (χ1n) is 4.89. The highest BCUT2D eigenvalue weighted by molar-refractivity contribution is 4.88. The van der Waals surface area contributed by atoms with Gasteiger partial charge in [0.15, 0.2) is 0 Å². The lowest BCUT2D eigenvalue weighted by Gasteiger charge is -2.10. The smallest absolute Gasteiger partial charge is 0.138 e. The van der Waals surface area contributed by atoms with E-state index in [-0.39, 0.29) is 6.04 Å². The lowest BCUT2D eigenvalue weighted by atomic mass is 10.2. The first kappa shape index (κ1) is 11.1. The van der Waals surface area contributed by atoms with Crippen LogP contribution in [-0.2, 0) is 17.7 Å². The maximum atomic E-state index is 5.83. The van der Waals surface area contributed by atoms with Gasteiger partial charge in [0.25, 0.3) is 0 Å². The summed E-state index contributed by atoms with van der Waals surface area (Å²) in [6, 6.07) is -0.000180. The number of ether oxygens (including phenoxy) is 1. The molecule has 0 radical (unpaired) electrons. The summed E-state index contributed by atoms with van der Waals surface area (Å²) in [6.07, 6.45) is 3.34. The minimum absolute atomic E-state index is 0.000180. The molecule has 1 unspecified atom stereocenters. The Morgan fingerprint density at radius 2 is 2.43 bits per heavy atom. The van der Waals surface area contributed by atoms with Crippen LogP contribution in [0.15, 0.2) is 6.33 Å². The first-order valence-corrected chi connectivity index (χ1v) is 4.89. The van der Waals surface area contributed by atoms with E-state index in [4.69, 9.17) is 10.5 Å². The number of rotatable bonds is 6. The van der Waals surface area contributed by atoms with Crippen LogP contribution < -0.4 is 5.73 Å². The molecule has 5 heteroatoms. The summed E-state index contributed by atoms with van der Waals surface area (Å²) in [6.45, 7) is 3.56. The van der Waals surface area contributed by atoms with E-state index in [0.29, 0.717) is 13.0 Å². The van der Waals surface area contributed by atoms with Crippen LogP contribution in [0, 0.1) is 0 Å². The van der Waals surface area contributed by atoms with E-state index in [1.165, 1.54) is 0 Å². The quantitative estimate of drug-likeness (QED) is 0.709. The Hall–Kier alpha value is -0.940. The molecule has 1 aromatic rings. The van der Waals surface area contributed by atoms with Crippen molar-refractivity contribution in [2.24, 2.45) is 5.73 Å². The van der Waals surface area contributed by atoms with Gasteiger partial charge in [-0.3, -0.25) is 4.68 Å². The Balaban J connectivity index is 2.52. The number of nitrogens with two attached hydrogens (primary N) is 1. The second kappa shape index (κ2) is 5.72. The van der Waals surface area contributed by atoms with Gasteiger partial charge in [0.2, 0.25) is 0 Å². The Morgan fingerprint density at radius 1 is 1.64 bits per heavy atom. The molecule has 0 aliphatic rings. The lowest BCUT2D eigenvalue weighted by molar-refractivity contribution is 0.179. The summed E-state index contributed by atoms with van der Waals surface area (Å²) in [5.74, 6) is 0.941. The maximum Gasteiger partial charge on any atom is 0.138 e. The molecule has 0 fully saturated rings. The van der Waals surface area contributed by atoms with Crippen molar-refractivity contribution in [1.82, 2.24) is 14.8 Å². The number of methoxy groups -OCH3 is 1. The number of nitrogens with zero attached hydrogens (tertiary/aromatic N) is 3. The highest BCUT2D eigenvalue weighted by Gasteiger charge is 2.09. The third-order valence-corrected chi connectivity index (χ3v) is 1.96. The molecule has 0 aromatic carbocycles.